The Hall–Kier alpha value is -3.20. The standard InChI is InChI=1S/C31H32ClN3O5/c32-22-6-4-18(5-7-22)28-24-15-21-17-33-35(27-3-1-2-10-39-27)26(21)16-25(24)30(40-23-13-20(14-23)31(36)37)34-29(28)19-8-11-38-12-9-19/h4-7,15-17,19-20,23,27H,1-3,8-14H2,(H,36,37)/t20-,23-,27?. The summed E-state index contributed by atoms with van der Waals surface area (Å²) in [6.45, 7) is 2.12. The van der Waals surface area contributed by atoms with E-state index in [2.05, 4.69) is 24.3 Å². The van der Waals surface area contributed by atoms with Crippen LogP contribution in [0.1, 0.15) is 62.8 Å². The lowest BCUT2D eigenvalue weighted by Crippen LogP contribution is -2.38. The largest absolute Gasteiger partial charge is 0.481 e. The van der Waals surface area contributed by atoms with Gasteiger partial charge in [0.05, 0.1) is 23.3 Å². The van der Waals surface area contributed by atoms with Gasteiger partial charge < -0.3 is 19.3 Å². The number of nitrogens with zero attached hydrogens (tertiary/aromatic N) is 3. The Morgan fingerprint density at radius 3 is 2.55 bits per heavy atom. The van der Waals surface area contributed by atoms with E-state index in [0.717, 1.165) is 77.2 Å². The fourth-order valence-electron chi connectivity index (χ4n) is 6.28. The molecule has 40 heavy (non-hydrogen) atoms. The van der Waals surface area contributed by atoms with Crippen molar-refractivity contribution in [2.75, 3.05) is 19.8 Å². The van der Waals surface area contributed by atoms with Gasteiger partial charge in [-0.1, -0.05) is 23.7 Å². The number of hydrogen-bond acceptors (Lipinski definition) is 6. The van der Waals surface area contributed by atoms with Crippen molar-refractivity contribution in [3.05, 3.63) is 53.3 Å². The Bertz CT molecular complexity index is 1550. The first-order valence-electron chi connectivity index (χ1n) is 14.2. The van der Waals surface area contributed by atoms with Gasteiger partial charge in [0.15, 0.2) is 6.23 Å². The molecule has 3 fully saturated rings. The molecular formula is C31H32ClN3O5. The molecule has 3 aliphatic rings. The van der Waals surface area contributed by atoms with E-state index in [-0.39, 0.29) is 24.2 Å². The predicted molar refractivity (Wildman–Crippen MR) is 152 cm³/mol. The van der Waals surface area contributed by atoms with Crippen molar-refractivity contribution in [3.8, 4) is 17.0 Å². The molecule has 0 radical (unpaired) electrons. The first-order valence-corrected chi connectivity index (χ1v) is 14.6. The van der Waals surface area contributed by atoms with E-state index < -0.39 is 5.97 Å². The number of carboxylic acids is 1. The lowest BCUT2D eigenvalue weighted by Gasteiger charge is -2.33. The molecule has 1 atom stereocenters. The van der Waals surface area contributed by atoms with Crippen LogP contribution >= 0.6 is 11.6 Å². The Kier molecular flexibility index (Phi) is 6.86. The molecule has 0 bridgehead atoms. The van der Waals surface area contributed by atoms with Crippen molar-refractivity contribution in [2.45, 2.75) is 63.2 Å². The third kappa shape index (κ3) is 4.72. The highest BCUT2D eigenvalue weighted by Crippen LogP contribution is 2.44. The first kappa shape index (κ1) is 25.7. The van der Waals surface area contributed by atoms with Gasteiger partial charge in [-0.2, -0.15) is 5.10 Å². The summed E-state index contributed by atoms with van der Waals surface area (Å²) >= 11 is 6.28. The second-order valence-corrected chi connectivity index (χ2v) is 11.6. The predicted octanol–water partition coefficient (Wildman–Crippen LogP) is 6.74. The number of aromatic nitrogens is 3. The highest BCUT2D eigenvalue weighted by molar-refractivity contribution is 6.30. The second-order valence-electron chi connectivity index (χ2n) is 11.2. The van der Waals surface area contributed by atoms with E-state index in [0.29, 0.717) is 37.0 Å². The molecule has 2 saturated heterocycles. The molecule has 4 heterocycles. The molecule has 1 N–H and O–H groups in total. The quantitative estimate of drug-likeness (QED) is 0.278. The van der Waals surface area contributed by atoms with Gasteiger partial charge in [-0.25, -0.2) is 9.67 Å². The van der Waals surface area contributed by atoms with Gasteiger partial charge in [-0.05, 0) is 80.2 Å². The van der Waals surface area contributed by atoms with E-state index in [1.54, 1.807) is 0 Å². The van der Waals surface area contributed by atoms with Crippen LogP contribution in [0.5, 0.6) is 5.88 Å². The average Bonchev–Trinajstić information content (AvgIpc) is 3.37. The third-order valence-electron chi connectivity index (χ3n) is 8.60. The topological polar surface area (TPSA) is 95.7 Å². The van der Waals surface area contributed by atoms with Crippen molar-refractivity contribution in [2.24, 2.45) is 5.92 Å². The molecule has 0 spiro atoms. The van der Waals surface area contributed by atoms with Crippen LogP contribution in [-0.4, -0.2) is 51.8 Å². The van der Waals surface area contributed by atoms with Crippen LogP contribution in [0.2, 0.25) is 5.02 Å². The summed E-state index contributed by atoms with van der Waals surface area (Å²) in [5.74, 6) is -0.358. The summed E-state index contributed by atoms with van der Waals surface area (Å²) in [6, 6.07) is 12.2. The molecule has 2 aromatic carbocycles. The maximum absolute atomic E-state index is 11.5. The number of ether oxygens (including phenoxy) is 3. The molecule has 208 valence electrons. The number of pyridine rings is 1. The maximum atomic E-state index is 11.5. The Labute approximate surface area is 237 Å². The van der Waals surface area contributed by atoms with Crippen LogP contribution in [0.4, 0.5) is 0 Å². The Morgan fingerprint density at radius 1 is 1.02 bits per heavy atom. The third-order valence-corrected chi connectivity index (χ3v) is 8.86. The maximum Gasteiger partial charge on any atom is 0.306 e. The van der Waals surface area contributed by atoms with E-state index in [4.69, 9.17) is 35.9 Å². The summed E-state index contributed by atoms with van der Waals surface area (Å²) in [6.07, 6.45) is 7.47. The summed E-state index contributed by atoms with van der Waals surface area (Å²) in [5.41, 5.74) is 4.09. The van der Waals surface area contributed by atoms with E-state index in [1.165, 1.54) is 0 Å². The minimum atomic E-state index is -0.767. The molecule has 7 rings (SSSR count). The van der Waals surface area contributed by atoms with Gasteiger partial charge in [0.25, 0.3) is 0 Å². The number of fused-ring (bicyclic) bond motifs is 2. The molecular weight excluding hydrogens is 530 g/mol. The van der Waals surface area contributed by atoms with Crippen molar-refractivity contribution >= 4 is 39.2 Å². The van der Waals surface area contributed by atoms with Crippen LogP contribution in [0.25, 0.3) is 32.8 Å². The van der Waals surface area contributed by atoms with Crippen LogP contribution < -0.4 is 4.74 Å². The summed E-state index contributed by atoms with van der Waals surface area (Å²) in [7, 11) is 0. The van der Waals surface area contributed by atoms with Gasteiger partial charge in [-0.15, -0.1) is 0 Å². The minimum absolute atomic E-state index is 0.0961. The summed E-state index contributed by atoms with van der Waals surface area (Å²) in [4.78, 5) is 16.7. The number of rotatable bonds is 6. The van der Waals surface area contributed by atoms with Gasteiger partial charge in [0.2, 0.25) is 5.88 Å². The monoisotopic (exact) mass is 561 g/mol. The molecule has 1 aliphatic carbocycles. The van der Waals surface area contributed by atoms with Gasteiger partial charge >= 0.3 is 5.97 Å². The van der Waals surface area contributed by atoms with Crippen molar-refractivity contribution in [3.63, 3.8) is 0 Å². The van der Waals surface area contributed by atoms with E-state index in [9.17, 15) is 9.90 Å². The van der Waals surface area contributed by atoms with Gasteiger partial charge in [-0.3, -0.25) is 4.79 Å². The number of carboxylic acid groups (broad SMARTS) is 1. The highest BCUT2D eigenvalue weighted by atomic mass is 35.5. The average molecular weight is 562 g/mol. The van der Waals surface area contributed by atoms with Crippen molar-refractivity contribution in [1.29, 1.82) is 0 Å². The molecule has 1 unspecified atom stereocenters. The smallest absolute Gasteiger partial charge is 0.306 e. The number of aliphatic carboxylic acids is 1. The zero-order valence-electron chi connectivity index (χ0n) is 22.2. The minimum Gasteiger partial charge on any atom is -0.481 e. The second kappa shape index (κ2) is 10.7. The lowest BCUT2D eigenvalue weighted by molar-refractivity contribution is -0.148. The van der Waals surface area contributed by atoms with Crippen LogP contribution in [0.3, 0.4) is 0 Å². The Balaban J connectivity index is 1.43. The zero-order chi connectivity index (χ0) is 27.2. The number of carbonyl (C=O) groups is 1. The van der Waals surface area contributed by atoms with Crippen molar-refractivity contribution < 1.29 is 24.1 Å². The van der Waals surface area contributed by atoms with Crippen LogP contribution in [0.15, 0.2) is 42.6 Å². The molecule has 8 nitrogen and oxygen atoms in total. The molecule has 2 aliphatic heterocycles. The SMILES string of the molecule is O=C(O)[C@H]1C[C@H](Oc2nc(C3CCOCC3)c(-c3ccc(Cl)cc3)c3cc4cnn(C5CCCCO5)c4cc23)C1. The van der Waals surface area contributed by atoms with E-state index in [1.807, 2.05) is 23.0 Å². The van der Waals surface area contributed by atoms with Crippen LogP contribution in [-0.2, 0) is 14.3 Å². The number of benzene rings is 2. The van der Waals surface area contributed by atoms with E-state index >= 15 is 0 Å². The highest BCUT2D eigenvalue weighted by Gasteiger charge is 2.37. The molecule has 9 heteroatoms. The normalized spacial score (nSPS) is 23.8. The lowest BCUT2D eigenvalue weighted by atomic mass is 9.82. The number of hydrogen-bond donors (Lipinski definition) is 1. The fourth-order valence-corrected chi connectivity index (χ4v) is 6.41. The van der Waals surface area contributed by atoms with Crippen molar-refractivity contribution in [1.82, 2.24) is 14.8 Å². The number of halogens is 1. The first-order chi connectivity index (χ1) is 19.5. The molecule has 4 aromatic rings. The zero-order valence-corrected chi connectivity index (χ0v) is 23.0. The van der Waals surface area contributed by atoms with Gasteiger partial charge in [0, 0.05) is 47.1 Å². The van der Waals surface area contributed by atoms with Crippen LogP contribution in [0, 0.1) is 5.92 Å². The Morgan fingerprint density at radius 2 is 1.82 bits per heavy atom. The molecule has 0 amide bonds. The summed E-state index contributed by atoms with van der Waals surface area (Å²) in [5, 5.41) is 17.8. The molecule has 2 aromatic heterocycles. The summed E-state index contributed by atoms with van der Waals surface area (Å²) < 4.78 is 20.3. The fraction of sp³-hybridized carbons (Fsp3) is 0.452. The van der Waals surface area contributed by atoms with Gasteiger partial charge in [0.1, 0.15) is 6.10 Å². The molecule has 1 saturated carbocycles.